The molecule has 16 heavy (non-hydrogen) atoms. The number of aromatic nitrogens is 2. The van der Waals surface area contributed by atoms with Crippen molar-refractivity contribution in [2.45, 2.75) is 52.6 Å². The maximum atomic E-state index is 5.62. The van der Waals surface area contributed by atoms with Crippen LogP contribution < -0.4 is 11.3 Å². The van der Waals surface area contributed by atoms with Gasteiger partial charge in [-0.2, -0.15) is 5.10 Å². The minimum absolute atomic E-state index is 0.219. The summed E-state index contributed by atoms with van der Waals surface area (Å²) < 4.78 is 2.05. The number of rotatable bonds is 7. The number of nitrogens with two attached hydrogens (primary N) is 1. The molecule has 0 radical (unpaired) electrons. The second-order valence-electron chi connectivity index (χ2n) is 4.67. The molecule has 0 aliphatic carbocycles. The van der Waals surface area contributed by atoms with Gasteiger partial charge in [0, 0.05) is 12.7 Å². The highest BCUT2D eigenvalue weighted by molar-refractivity contribution is 5.06. The van der Waals surface area contributed by atoms with Crippen LogP contribution >= 0.6 is 0 Å². The van der Waals surface area contributed by atoms with Crippen molar-refractivity contribution in [1.82, 2.24) is 15.2 Å². The Bertz CT molecular complexity index is 293. The number of hydrogen-bond donors (Lipinski definition) is 2. The van der Waals surface area contributed by atoms with Gasteiger partial charge in [-0.1, -0.05) is 20.8 Å². The first-order valence-corrected chi connectivity index (χ1v) is 6.16. The van der Waals surface area contributed by atoms with Gasteiger partial charge in [0.2, 0.25) is 0 Å². The number of hydrazine groups is 1. The maximum Gasteiger partial charge on any atom is 0.0629 e. The molecule has 0 bridgehead atoms. The highest BCUT2D eigenvalue weighted by Crippen LogP contribution is 2.20. The molecular formula is C12H24N4. The second-order valence-corrected chi connectivity index (χ2v) is 4.67. The molecule has 0 aromatic carbocycles. The van der Waals surface area contributed by atoms with E-state index in [0.29, 0.717) is 5.92 Å². The van der Waals surface area contributed by atoms with E-state index in [1.165, 1.54) is 12.1 Å². The van der Waals surface area contributed by atoms with Crippen LogP contribution in [0, 0.1) is 5.92 Å². The van der Waals surface area contributed by atoms with Crippen molar-refractivity contribution in [2.75, 3.05) is 0 Å². The predicted octanol–water partition coefficient (Wildman–Crippen LogP) is 2.23. The number of aryl methyl sites for hydroxylation is 1. The Balaban J connectivity index is 2.66. The Hall–Kier alpha value is -0.870. The highest BCUT2D eigenvalue weighted by atomic mass is 15.3. The molecule has 1 heterocycles. The van der Waals surface area contributed by atoms with Crippen molar-refractivity contribution in [2.24, 2.45) is 11.8 Å². The first-order valence-electron chi connectivity index (χ1n) is 6.16. The van der Waals surface area contributed by atoms with E-state index in [1.807, 2.05) is 10.9 Å². The summed E-state index contributed by atoms with van der Waals surface area (Å²) in [4.78, 5) is 0. The number of nitrogens with one attached hydrogen (secondary N) is 1. The molecule has 0 aliphatic rings. The quantitative estimate of drug-likeness (QED) is 0.551. The summed E-state index contributed by atoms with van der Waals surface area (Å²) in [6.45, 7) is 7.58. The summed E-state index contributed by atoms with van der Waals surface area (Å²) in [5, 5.41) is 4.32. The molecule has 1 aromatic heterocycles. The van der Waals surface area contributed by atoms with Crippen LogP contribution in [0.15, 0.2) is 12.3 Å². The molecule has 0 aliphatic heterocycles. The van der Waals surface area contributed by atoms with Crippen molar-refractivity contribution in [3.63, 3.8) is 0 Å². The van der Waals surface area contributed by atoms with Crippen LogP contribution in [0.25, 0.3) is 0 Å². The third-order valence-electron chi connectivity index (χ3n) is 2.78. The van der Waals surface area contributed by atoms with Crippen LogP contribution in [0.5, 0.6) is 0 Å². The van der Waals surface area contributed by atoms with Crippen LogP contribution in [0.4, 0.5) is 0 Å². The van der Waals surface area contributed by atoms with Gasteiger partial charge in [0.25, 0.3) is 0 Å². The fourth-order valence-corrected chi connectivity index (χ4v) is 1.85. The Morgan fingerprint density at radius 1 is 1.44 bits per heavy atom. The van der Waals surface area contributed by atoms with E-state index in [2.05, 4.69) is 37.4 Å². The Kier molecular flexibility index (Phi) is 5.49. The Labute approximate surface area is 98.2 Å². The smallest absolute Gasteiger partial charge is 0.0629 e. The molecule has 3 N–H and O–H groups in total. The molecule has 0 saturated carbocycles. The number of hydrogen-bond acceptors (Lipinski definition) is 3. The maximum absolute atomic E-state index is 5.62. The van der Waals surface area contributed by atoms with Crippen LogP contribution in [0.1, 0.15) is 51.8 Å². The van der Waals surface area contributed by atoms with E-state index in [9.17, 15) is 0 Å². The third-order valence-corrected chi connectivity index (χ3v) is 2.78. The largest absolute Gasteiger partial charge is 0.271 e. The lowest BCUT2D eigenvalue weighted by atomic mass is 10.0. The average molecular weight is 224 g/mol. The molecule has 4 heteroatoms. The van der Waals surface area contributed by atoms with Crippen molar-refractivity contribution >= 4 is 0 Å². The molecule has 0 amide bonds. The van der Waals surface area contributed by atoms with Crippen LogP contribution in [0.2, 0.25) is 0 Å². The van der Waals surface area contributed by atoms with E-state index in [0.717, 1.165) is 19.4 Å². The fourth-order valence-electron chi connectivity index (χ4n) is 1.85. The van der Waals surface area contributed by atoms with Crippen molar-refractivity contribution in [3.8, 4) is 0 Å². The zero-order chi connectivity index (χ0) is 12.0. The molecule has 92 valence electrons. The number of nitrogens with zero attached hydrogens (tertiary/aromatic N) is 2. The van der Waals surface area contributed by atoms with E-state index < -0.39 is 0 Å². The van der Waals surface area contributed by atoms with Crippen LogP contribution in [-0.4, -0.2) is 9.78 Å². The Morgan fingerprint density at radius 3 is 2.75 bits per heavy atom. The second kappa shape index (κ2) is 6.66. The lowest BCUT2D eigenvalue weighted by Gasteiger charge is -2.18. The summed E-state index contributed by atoms with van der Waals surface area (Å²) >= 11 is 0. The van der Waals surface area contributed by atoms with Gasteiger partial charge in [-0.15, -0.1) is 0 Å². The molecule has 1 atom stereocenters. The lowest BCUT2D eigenvalue weighted by molar-refractivity contribution is 0.417. The molecular weight excluding hydrogens is 200 g/mol. The first kappa shape index (κ1) is 13.2. The Morgan fingerprint density at radius 2 is 2.19 bits per heavy atom. The predicted molar refractivity (Wildman–Crippen MR) is 66.7 cm³/mol. The van der Waals surface area contributed by atoms with Crippen molar-refractivity contribution in [3.05, 3.63) is 18.0 Å². The molecule has 4 nitrogen and oxygen atoms in total. The topological polar surface area (TPSA) is 55.9 Å². The van der Waals surface area contributed by atoms with Gasteiger partial charge in [-0.05, 0) is 31.2 Å². The normalized spacial score (nSPS) is 13.3. The summed E-state index contributed by atoms with van der Waals surface area (Å²) in [5.74, 6) is 6.33. The molecule has 0 spiro atoms. The monoisotopic (exact) mass is 224 g/mol. The van der Waals surface area contributed by atoms with Gasteiger partial charge in [0.1, 0.15) is 0 Å². The molecule has 0 saturated heterocycles. The van der Waals surface area contributed by atoms with Gasteiger partial charge < -0.3 is 0 Å². The summed E-state index contributed by atoms with van der Waals surface area (Å²) in [6, 6.07) is 2.28. The SMILES string of the molecule is CCCn1nccc1C(CCC(C)C)NN. The third kappa shape index (κ3) is 3.61. The van der Waals surface area contributed by atoms with Gasteiger partial charge >= 0.3 is 0 Å². The summed E-state index contributed by atoms with van der Waals surface area (Å²) in [5.41, 5.74) is 4.10. The molecule has 1 unspecified atom stereocenters. The molecule has 1 aromatic rings. The minimum atomic E-state index is 0.219. The van der Waals surface area contributed by atoms with Crippen molar-refractivity contribution < 1.29 is 0 Å². The standard InChI is InChI=1S/C12H24N4/c1-4-9-16-12(7-8-14-16)11(15-13)6-5-10(2)3/h7-8,10-11,15H,4-6,9,13H2,1-3H3. The van der Waals surface area contributed by atoms with E-state index in [1.54, 1.807) is 0 Å². The van der Waals surface area contributed by atoms with Gasteiger partial charge in [0.15, 0.2) is 0 Å². The molecule has 1 rings (SSSR count). The van der Waals surface area contributed by atoms with E-state index >= 15 is 0 Å². The van der Waals surface area contributed by atoms with Crippen molar-refractivity contribution in [1.29, 1.82) is 0 Å². The van der Waals surface area contributed by atoms with Crippen LogP contribution in [0.3, 0.4) is 0 Å². The summed E-state index contributed by atoms with van der Waals surface area (Å²) in [6.07, 6.45) is 5.18. The van der Waals surface area contributed by atoms with Crippen LogP contribution in [-0.2, 0) is 6.54 Å². The fraction of sp³-hybridized carbons (Fsp3) is 0.750. The zero-order valence-corrected chi connectivity index (χ0v) is 10.6. The lowest BCUT2D eigenvalue weighted by Crippen LogP contribution is -2.30. The van der Waals surface area contributed by atoms with Gasteiger partial charge in [-0.3, -0.25) is 16.0 Å². The average Bonchev–Trinajstić information content (AvgIpc) is 2.68. The van der Waals surface area contributed by atoms with E-state index in [-0.39, 0.29) is 6.04 Å². The minimum Gasteiger partial charge on any atom is -0.271 e. The first-order chi connectivity index (χ1) is 7.69. The summed E-state index contributed by atoms with van der Waals surface area (Å²) in [7, 11) is 0. The van der Waals surface area contributed by atoms with Gasteiger partial charge in [0.05, 0.1) is 11.7 Å². The zero-order valence-electron chi connectivity index (χ0n) is 10.6. The van der Waals surface area contributed by atoms with E-state index in [4.69, 9.17) is 5.84 Å². The van der Waals surface area contributed by atoms with Gasteiger partial charge in [-0.25, -0.2) is 0 Å². The molecule has 0 fully saturated rings. The highest BCUT2D eigenvalue weighted by Gasteiger charge is 2.14.